The molecule has 46 heavy (non-hydrogen) atoms. The Balaban J connectivity index is 1.25. The summed E-state index contributed by atoms with van der Waals surface area (Å²) in [5, 5.41) is 4.73. The molecular weight excluding hydrogens is 558 g/mol. The fraction of sp³-hybridized carbons (Fsp3) is 0.0909. The van der Waals surface area contributed by atoms with Gasteiger partial charge in [-0.3, -0.25) is 0 Å². The average molecular weight is 594 g/mol. The van der Waals surface area contributed by atoms with Crippen molar-refractivity contribution in [3.05, 3.63) is 175 Å². The summed E-state index contributed by atoms with van der Waals surface area (Å²) in [4.78, 5) is 2.38. The Kier molecular flexibility index (Phi) is 6.73. The van der Waals surface area contributed by atoms with E-state index in [0.29, 0.717) is 0 Å². The Bertz CT molecular complexity index is 2330. The van der Waals surface area contributed by atoms with Crippen LogP contribution in [0.2, 0.25) is 0 Å². The third-order valence-electron chi connectivity index (χ3n) is 9.54. The van der Waals surface area contributed by atoms with E-state index in [1.165, 1.54) is 33.0 Å². The molecule has 1 heterocycles. The van der Waals surface area contributed by atoms with Crippen molar-refractivity contribution in [2.24, 2.45) is 0 Å². The van der Waals surface area contributed by atoms with Gasteiger partial charge in [0.2, 0.25) is 0 Å². The molecule has 0 bridgehead atoms. The fourth-order valence-corrected chi connectivity index (χ4v) is 6.76. The SMILES string of the molecule is C=C1/C=C\C=C/Cc2ccc(N(c3ccc(-c4ccc5oc6ccccc6c5c4)cc3)c3ccc4ccccc4c3)cc2C1(C)C. The van der Waals surface area contributed by atoms with E-state index in [1.54, 1.807) is 0 Å². The molecule has 1 aromatic heterocycles. The third-order valence-corrected chi connectivity index (χ3v) is 9.54. The molecule has 8 rings (SSSR count). The van der Waals surface area contributed by atoms with Crippen LogP contribution in [-0.2, 0) is 11.8 Å². The molecule has 0 spiro atoms. The molecule has 0 atom stereocenters. The average Bonchev–Trinajstić information content (AvgIpc) is 3.48. The largest absolute Gasteiger partial charge is 0.456 e. The maximum atomic E-state index is 6.09. The normalized spacial score (nSPS) is 15.7. The van der Waals surface area contributed by atoms with Crippen LogP contribution in [0.4, 0.5) is 17.1 Å². The van der Waals surface area contributed by atoms with E-state index in [1.807, 2.05) is 12.1 Å². The minimum Gasteiger partial charge on any atom is -0.456 e. The summed E-state index contributed by atoms with van der Waals surface area (Å²) in [6.07, 6.45) is 9.49. The molecule has 1 aliphatic rings. The molecule has 1 aliphatic carbocycles. The second-order valence-electron chi connectivity index (χ2n) is 12.7. The van der Waals surface area contributed by atoms with Gasteiger partial charge in [0.05, 0.1) is 0 Å². The van der Waals surface area contributed by atoms with E-state index < -0.39 is 0 Å². The summed E-state index contributed by atoms with van der Waals surface area (Å²) >= 11 is 0. The molecule has 0 unspecified atom stereocenters. The van der Waals surface area contributed by atoms with Gasteiger partial charge in [0, 0.05) is 33.2 Å². The van der Waals surface area contributed by atoms with Crippen LogP contribution in [0.5, 0.6) is 0 Å². The topological polar surface area (TPSA) is 16.4 Å². The van der Waals surface area contributed by atoms with Gasteiger partial charge in [0.15, 0.2) is 0 Å². The van der Waals surface area contributed by atoms with Crippen LogP contribution in [0, 0.1) is 0 Å². The van der Waals surface area contributed by atoms with E-state index in [2.05, 4.69) is 165 Å². The van der Waals surface area contributed by atoms with Crippen molar-refractivity contribution in [3.8, 4) is 11.1 Å². The molecule has 2 heteroatoms. The van der Waals surface area contributed by atoms with Crippen LogP contribution in [0.15, 0.2) is 168 Å². The van der Waals surface area contributed by atoms with E-state index in [-0.39, 0.29) is 5.41 Å². The molecule has 7 aromatic rings. The van der Waals surface area contributed by atoms with Crippen LogP contribution in [0.3, 0.4) is 0 Å². The van der Waals surface area contributed by atoms with Gasteiger partial charge in [-0.05, 0) is 99.6 Å². The number of anilines is 3. The van der Waals surface area contributed by atoms with Crippen LogP contribution in [0.1, 0.15) is 25.0 Å². The molecule has 0 N–H and O–H groups in total. The summed E-state index contributed by atoms with van der Waals surface area (Å²) < 4.78 is 6.09. The maximum absolute atomic E-state index is 6.09. The first-order valence-corrected chi connectivity index (χ1v) is 15.9. The maximum Gasteiger partial charge on any atom is 0.135 e. The molecule has 6 aromatic carbocycles. The van der Waals surface area contributed by atoms with Gasteiger partial charge in [-0.25, -0.2) is 0 Å². The molecule has 0 radical (unpaired) electrons. The van der Waals surface area contributed by atoms with E-state index in [9.17, 15) is 0 Å². The van der Waals surface area contributed by atoms with Crippen molar-refractivity contribution in [3.63, 3.8) is 0 Å². The molecule has 0 saturated heterocycles. The molecule has 0 amide bonds. The number of allylic oxidation sites excluding steroid dienone is 5. The van der Waals surface area contributed by atoms with Gasteiger partial charge in [-0.2, -0.15) is 0 Å². The van der Waals surface area contributed by atoms with Gasteiger partial charge in [-0.1, -0.05) is 118 Å². The molecular formula is C44H35NO. The highest BCUT2D eigenvalue weighted by atomic mass is 16.3. The van der Waals surface area contributed by atoms with Crippen molar-refractivity contribution >= 4 is 49.8 Å². The first-order chi connectivity index (χ1) is 22.5. The lowest BCUT2D eigenvalue weighted by molar-refractivity contribution is 0.635. The van der Waals surface area contributed by atoms with Crippen molar-refractivity contribution < 1.29 is 4.42 Å². The summed E-state index contributed by atoms with van der Waals surface area (Å²) in [6.45, 7) is 9.03. The molecule has 0 fully saturated rings. The monoisotopic (exact) mass is 593 g/mol. The number of fused-ring (bicyclic) bond motifs is 5. The minimum absolute atomic E-state index is 0.220. The Hall–Kier alpha value is -5.60. The third kappa shape index (κ3) is 4.83. The second kappa shape index (κ2) is 11.1. The molecule has 2 nitrogen and oxygen atoms in total. The second-order valence-corrected chi connectivity index (χ2v) is 12.7. The minimum atomic E-state index is -0.220. The summed E-state index contributed by atoms with van der Waals surface area (Å²) in [6, 6.07) is 45.9. The van der Waals surface area contributed by atoms with E-state index in [4.69, 9.17) is 4.42 Å². The predicted octanol–water partition coefficient (Wildman–Crippen LogP) is 12.4. The Labute approximate surface area is 270 Å². The highest BCUT2D eigenvalue weighted by Crippen LogP contribution is 2.42. The standard InChI is InChI=1S/C44H35NO/c1-30-11-5-4-6-13-33-20-25-38(29-41(33)44(30,2)3)45(37-24-19-31-12-7-8-14-34(31)27-37)36-22-17-32(18-23-36)35-21-26-43-40(28-35)39-15-9-10-16-42(39)46-43/h4-12,14-29H,1,13H2,2-3H3/b6-4-,11-5-. The first kappa shape index (κ1) is 27.9. The number of hydrogen-bond acceptors (Lipinski definition) is 2. The van der Waals surface area contributed by atoms with Crippen LogP contribution >= 0.6 is 0 Å². The van der Waals surface area contributed by atoms with Gasteiger partial charge in [0.1, 0.15) is 11.2 Å². The molecule has 0 saturated carbocycles. The van der Waals surface area contributed by atoms with Gasteiger partial charge >= 0.3 is 0 Å². The first-order valence-electron chi connectivity index (χ1n) is 15.9. The van der Waals surface area contributed by atoms with E-state index in [0.717, 1.165) is 51.0 Å². The fourth-order valence-electron chi connectivity index (χ4n) is 6.76. The predicted molar refractivity (Wildman–Crippen MR) is 195 cm³/mol. The summed E-state index contributed by atoms with van der Waals surface area (Å²) in [5.74, 6) is 0. The Morgan fingerprint density at radius 1 is 0.609 bits per heavy atom. The summed E-state index contributed by atoms with van der Waals surface area (Å²) in [7, 11) is 0. The summed E-state index contributed by atoms with van der Waals surface area (Å²) in [5.41, 5.74) is 11.0. The quantitative estimate of drug-likeness (QED) is 0.202. The number of benzene rings is 6. The van der Waals surface area contributed by atoms with Crippen molar-refractivity contribution in [2.45, 2.75) is 25.7 Å². The highest BCUT2D eigenvalue weighted by molar-refractivity contribution is 6.06. The number of nitrogens with zero attached hydrogens (tertiary/aromatic N) is 1. The van der Waals surface area contributed by atoms with Gasteiger partial charge in [-0.15, -0.1) is 0 Å². The van der Waals surface area contributed by atoms with Crippen molar-refractivity contribution in [1.29, 1.82) is 0 Å². The van der Waals surface area contributed by atoms with Crippen LogP contribution in [-0.4, -0.2) is 0 Å². The smallest absolute Gasteiger partial charge is 0.135 e. The van der Waals surface area contributed by atoms with Gasteiger partial charge < -0.3 is 9.32 Å². The van der Waals surface area contributed by atoms with Crippen LogP contribution < -0.4 is 4.90 Å². The van der Waals surface area contributed by atoms with Gasteiger partial charge in [0.25, 0.3) is 0 Å². The zero-order chi connectivity index (χ0) is 31.3. The lowest BCUT2D eigenvalue weighted by Gasteiger charge is -2.32. The Morgan fingerprint density at radius 2 is 1.30 bits per heavy atom. The highest BCUT2D eigenvalue weighted by Gasteiger charge is 2.27. The number of rotatable bonds is 4. The molecule has 0 aliphatic heterocycles. The van der Waals surface area contributed by atoms with Crippen LogP contribution in [0.25, 0.3) is 43.8 Å². The van der Waals surface area contributed by atoms with Crippen molar-refractivity contribution in [1.82, 2.24) is 0 Å². The number of furan rings is 1. The number of para-hydroxylation sites is 1. The lowest BCUT2D eigenvalue weighted by atomic mass is 9.75. The zero-order valence-electron chi connectivity index (χ0n) is 26.2. The Morgan fingerprint density at radius 3 is 2.17 bits per heavy atom. The van der Waals surface area contributed by atoms with E-state index >= 15 is 0 Å². The number of hydrogen-bond donors (Lipinski definition) is 0. The lowest BCUT2D eigenvalue weighted by Crippen LogP contribution is -2.21. The van der Waals surface area contributed by atoms with Crippen molar-refractivity contribution in [2.75, 3.05) is 4.90 Å². The zero-order valence-corrected chi connectivity index (χ0v) is 26.2. The molecule has 222 valence electrons.